The molecule has 0 aliphatic heterocycles. The number of para-hydroxylation sites is 3. The molecule has 8 aromatic rings. The van der Waals surface area contributed by atoms with Crippen LogP contribution < -0.4 is 0 Å². The number of nitriles is 3. The van der Waals surface area contributed by atoms with Gasteiger partial charge in [-0.1, -0.05) is 72.8 Å². The summed E-state index contributed by atoms with van der Waals surface area (Å²) in [6.07, 6.45) is 0. The van der Waals surface area contributed by atoms with Gasteiger partial charge in [0.25, 0.3) is 0 Å². The fraction of sp³-hybridized carbons (Fsp3) is 0. The fourth-order valence-corrected chi connectivity index (χ4v) is 6.33. The van der Waals surface area contributed by atoms with Gasteiger partial charge in [0.2, 0.25) is 0 Å². The van der Waals surface area contributed by atoms with Crippen LogP contribution in [-0.4, -0.2) is 0 Å². The molecule has 2 aromatic heterocycles. The third kappa shape index (κ3) is 3.63. The number of hydrogen-bond acceptors (Lipinski definition) is 5. The molecule has 0 saturated heterocycles. The van der Waals surface area contributed by atoms with Gasteiger partial charge in [0.05, 0.1) is 28.8 Å². The van der Waals surface area contributed by atoms with Crippen molar-refractivity contribution in [2.24, 2.45) is 0 Å². The molecule has 2 heterocycles. The monoisotopic (exact) mass is 561 g/mol. The highest BCUT2D eigenvalue weighted by Crippen LogP contribution is 2.45. The second kappa shape index (κ2) is 9.74. The van der Waals surface area contributed by atoms with Crippen LogP contribution in [0.1, 0.15) is 16.7 Å². The Morgan fingerprint density at radius 3 is 1.80 bits per heavy atom. The average molecular weight is 562 g/mol. The number of hydrogen-bond donors (Lipinski definition) is 0. The highest BCUT2D eigenvalue weighted by atomic mass is 16.3. The van der Waals surface area contributed by atoms with Crippen LogP contribution in [0.5, 0.6) is 0 Å². The average Bonchev–Trinajstić information content (AvgIpc) is 3.66. The van der Waals surface area contributed by atoms with Crippen LogP contribution in [0.2, 0.25) is 0 Å². The zero-order chi connectivity index (χ0) is 29.8. The minimum atomic E-state index is 0.317. The molecule has 0 N–H and O–H groups in total. The number of fused-ring (bicyclic) bond motifs is 6. The van der Waals surface area contributed by atoms with Gasteiger partial charge in [-0.15, -0.1) is 0 Å². The van der Waals surface area contributed by atoms with Crippen LogP contribution in [0.3, 0.4) is 0 Å². The Bertz CT molecular complexity index is 2570. The van der Waals surface area contributed by atoms with Crippen molar-refractivity contribution in [1.29, 1.82) is 15.8 Å². The van der Waals surface area contributed by atoms with Crippen molar-refractivity contribution in [2.75, 3.05) is 0 Å². The minimum Gasteiger partial charge on any atom is -0.456 e. The summed E-state index contributed by atoms with van der Waals surface area (Å²) in [4.78, 5) is 0. The molecule has 0 saturated carbocycles. The quantitative estimate of drug-likeness (QED) is 0.214. The summed E-state index contributed by atoms with van der Waals surface area (Å²) in [5, 5.41) is 34.8. The molecule has 0 fully saturated rings. The van der Waals surface area contributed by atoms with E-state index in [0.29, 0.717) is 39.0 Å². The predicted molar refractivity (Wildman–Crippen MR) is 171 cm³/mol. The molecule has 0 aliphatic rings. The van der Waals surface area contributed by atoms with Crippen LogP contribution in [0.15, 0.2) is 124 Å². The first-order valence-electron chi connectivity index (χ1n) is 14.0. The van der Waals surface area contributed by atoms with E-state index in [4.69, 9.17) is 8.83 Å². The van der Waals surface area contributed by atoms with Crippen molar-refractivity contribution in [3.05, 3.63) is 132 Å². The standard InChI is InChI=1S/C39H19N3O2/c40-20-23-8-5-9-24(21-41)37(23)32-19-25(26-12-6-14-29-27-10-1-3-15-34(27)44-39(26)29)18-31(33(32)22-42)28-13-7-17-36-38(28)30-11-2-4-16-35(30)43-36/h1-19H. The molecule has 44 heavy (non-hydrogen) atoms. The highest BCUT2D eigenvalue weighted by Gasteiger charge is 2.23. The highest BCUT2D eigenvalue weighted by molar-refractivity contribution is 6.14. The van der Waals surface area contributed by atoms with E-state index in [2.05, 4.69) is 18.2 Å². The summed E-state index contributed by atoms with van der Waals surface area (Å²) >= 11 is 0. The Balaban J connectivity index is 1.54. The third-order valence-electron chi connectivity index (χ3n) is 8.23. The van der Waals surface area contributed by atoms with E-state index in [9.17, 15) is 15.8 Å². The van der Waals surface area contributed by atoms with E-state index < -0.39 is 0 Å². The molecule has 0 bridgehead atoms. The van der Waals surface area contributed by atoms with Gasteiger partial charge < -0.3 is 8.83 Å². The van der Waals surface area contributed by atoms with Crippen molar-refractivity contribution < 1.29 is 8.83 Å². The summed E-state index contributed by atoms with van der Waals surface area (Å²) in [5.41, 5.74) is 7.99. The summed E-state index contributed by atoms with van der Waals surface area (Å²) in [6.45, 7) is 0. The lowest BCUT2D eigenvalue weighted by molar-refractivity contribution is 0.669. The number of nitrogens with zero attached hydrogens (tertiary/aromatic N) is 3. The summed E-state index contributed by atoms with van der Waals surface area (Å²) < 4.78 is 12.6. The van der Waals surface area contributed by atoms with Gasteiger partial charge in [-0.05, 0) is 53.6 Å². The first-order chi connectivity index (χ1) is 21.7. The molecule has 0 amide bonds. The van der Waals surface area contributed by atoms with E-state index in [-0.39, 0.29) is 0 Å². The Kier molecular flexibility index (Phi) is 5.56. The smallest absolute Gasteiger partial charge is 0.143 e. The summed E-state index contributed by atoms with van der Waals surface area (Å²) in [7, 11) is 0. The van der Waals surface area contributed by atoms with Gasteiger partial charge in [0.15, 0.2) is 0 Å². The SMILES string of the molecule is N#Cc1cccc(C#N)c1-c1cc(-c2cccc3c2oc2ccccc23)cc(-c2cccc3oc4ccccc4c23)c1C#N. The normalized spacial score (nSPS) is 11.1. The topological polar surface area (TPSA) is 97.7 Å². The van der Waals surface area contributed by atoms with Gasteiger partial charge in [0.1, 0.15) is 28.4 Å². The molecule has 0 aliphatic carbocycles. The molecule has 0 spiro atoms. The van der Waals surface area contributed by atoms with E-state index in [1.54, 1.807) is 18.2 Å². The first-order valence-corrected chi connectivity index (χ1v) is 14.0. The van der Waals surface area contributed by atoms with Crippen molar-refractivity contribution >= 4 is 43.9 Å². The maximum absolute atomic E-state index is 10.8. The van der Waals surface area contributed by atoms with Crippen molar-refractivity contribution in [3.63, 3.8) is 0 Å². The molecule has 6 aromatic carbocycles. The molecular weight excluding hydrogens is 542 g/mol. The van der Waals surface area contributed by atoms with Crippen LogP contribution >= 0.6 is 0 Å². The largest absolute Gasteiger partial charge is 0.456 e. The molecule has 5 nitrogen and oxygen atoms in total. The van der Waals surface area contributed by atoms with Gasteiger partial charge >= 0.3 is 0 Å². The molecular formula is C39H19N3O2. The predicted octanol–water partition coefficient (Wildman–Crippen LogP) is 10.1. The van der Waals surface area contributed by atoms with Crippen LogP contribution in [0.4, 0.5) is 0 Å². The number of rotatable bonds is 3. The Hall–Kier alpha value is -6.61. The van der Waals surface area contributed by atoms with Crippen LogP contribution in [0, 0.1) is 34.0 Å². The van der Waals surface area contributed by atoms with Gasteiger partial charge in [0, 0.05) is 43.8 Å². The zero-order valence-corrected chi connectivity index (χ0v) is 23.1. The van der Waals surface area contributed by atoms with E-state index in [1.165, 1.54) is 0 Å². The fourth-order valence-electron chi connectivity index (χ4n) is 6.33. The lowest BCUT2D eigenvalue weighted by atomic mass is 9.84. The van der Waals surface area contributed by atoms with Gasteiger partial charge in [-0.25, -0.2) is 0 Å². The summed E-state index contributed by atoms with van der Waals surface area (Å²) in [5.74, 6) is 0. The minimum absolute atomic E-state index is 0.317. The maximum Gasteiger partial charge on any atom is 0.143 e. The van der Waals surface area contributed by atoms with Crippen molar-refractivity contribution in [2.45, 2.75) is 0 Å². The number of furan rings is 2. The molecule has 0 atom stereocenters. The van der Waals surface area contributed by atoms with Gasteiger partial charge in [-0.2, -0.15) is 15.8 Å². The molecule has 0 unspecified atom stereocenters. The van der Waals surface area contributed by atoms with E-state index >= 15 is 0 Å². The molecule has 0 radical (unpaired) electrons. The molecule has 5 heteroatoms. The van der Waals surface area contributed by atoms with Gasteiger partial charge in [-0.3, -0.25) is 0 Å². The molecule has 8 rings (SSSR count). The first kappa shape index (κ1) is 25.1. The third-order valence-corrected chi connectivity index (χ3v) is 8.23. The van der Waals surface area contributed by atoms with Crippen LogP contribution in [-0.2, 0) is 0 Å². The lowest BCUT2D eigenvalue weighted by Crippen LogP contribution is -1.97. The van der Waals surface area contributed by atoms with Crippen LogP contribution in [0.25, 0.3) is 77.3 Å². The maximum atomic E-state index is 10.8. The Labute approximate surface area is 251 Å². The summed E-state index contributed by atoms with van der Waals surface area (Å²) in [6, 6.07) is 43.4. The lowest BCUT2D eigenvalue weighted by Gasteiger charge is -2.16. The van der Waals surface area contributed by atoms with Crippen molar-refractivity contribution in [3.8, 4) is 51.6 Å². The second-order valence-electron chi connectivity index (χ2n) is 10.6. The zero-order valence-electron chi connectivity index (χ0n) is 23.1. The second-order valence-corrected chi connectivity index (χ2v) is 10.6. The van der Waals surface area contributed by atoms with Crippen molar-refractivity contribution in [1.82, 2.24) is 0 Å². The number of benzene rings is 6. The van der Waals surface area contributed by atoms with E-state index in [0.717, 1.165) is 55.0 Å². The Morgan fingerprint density at radius 1 is 0.455 bits per heavy atom. The van der Waals surface area contributed by atoms with E-state index in [1.807, 2.05) is 97.1 Å². The molecule has 202 valence electrons. The Morgan fingerprint density at radius 2 is 1.05 bits per heavy atom.